The van der Waals surface area contributed by atoms with Crippen LogP contribution in [-0.4, -0.2) is 80.6 Å². The van der Waals surface area contributed by atoms with E-state index in [0.29, 0.717) is 18.3 Å². The van der Waals surface area contributed by atoms with E-state index < -0.39 is 0 Å². The Labute approximate surface area is 190 Å². The Balaban J connectivity index is 0.00000420. The maximum atomic E-state index is 13.3. The minimum atomic E-state index is -0.304. The van der Waals surface area contributed by atoms with E-state index in [0.717, 1.165) is 45.7 Å². The Morgan fingerprint density at radius 1 is 1.28 bits per heavy atom. The molecular weight excluding hydrogens is 488 g/mol. The Morgan fingerprint density at radius 3 is 2.59 bits per heavy atom. The Kier molecular flexibility index (Phi) is 11.9. The van der Waals surface area contributed by atoms with Gasteiger partial charge in [0.15, 0.2) is 5.96 Å². The highest BCUT2D eigenvalue weighted by Crippen LogP contribution is 2.14. The third-order valence-corrected chi connectivity index (χ3v) is 4.81. The molecule has 1 saturated heterocycles. The van der Waals surface area contributed by atoms with Crippen LogP contribution in [0.4, 0.5) is 4.39 Å². The van der Waals surface area contributed by atoms with Gasteiger partial charge in [0.1, 0.15) is 17.7 Å². The molecule has 0 aromatic heterocycles. The van der Waals surface area contributed by atoms with E-state index in [1.807, 2.05) is 11.8 Å². The number of nitrogens with one attached hydrogen (secondary N) is 2. The summed E-state index contributed by atoms with van der Waals surface area (Å²) < 4.78 is 19.1. The largest absolute Gasteiger partial charge is 0.489 e. The number of piperazine rings is 1. The van der Waals surface area contributed by atoms with Gasteiger partial charge in [-0.25, -0.2) is 4.39 Å². The number of rotatable bonds is 8. The molecule has 1 aromatic carbocycles. The second kappa shape index (κ2) is 13.6. The summed E-state index contributed by atoms with van der Waals surface area (Å²) in [6.07, 6.45) is 0.709. The van der Waals surface area contributed by atoms with Crippen LogP contribution >= 0.6 is 24.0 Å². The van der Waals surface area contributed by atoms with E-state index in [9.17, 15) is 9.18 Å². The summed E-state index contributed by atoms with van der Waals surface area (Å²) in [5, 5.41) is 6.57. The van der Waals surface area contributed by atoms with Crippen molar-refractivity contribution in [3.8, 4) is 5.75 Å². The fourth-order valence-corrected chi connectivity index (χ4v) is 3.05. The average molecular weight is 521 g/mol. The highest BCUT2D eigenvalue weighted by Gasteiger charge is 2.18. The quantitative estimate of drug-likeness (QED) is 0.311. The van der Waals surface area contributed by atoms with Gasteiger partial charge in [0, 0.05) is 59.3 Å². The average Bonchev–Trinajstić information content (AvgIpc) is 2.69. The number of carbonyl (C=O) groups excluding carboxylic acids is 1. The molecule has 1 atom stereocenters. The minimum Gasteiger partial charge on any atom is -0.489 e. The second-order valence-electron chi connectivity index (χ2n) is 6.83. The zero-order chi connectivity index (χ0) is 20.4. The molecule has 1 amide bonds. The van der Waals surface area contributed by atoms with Crippen molar-refractivity contribution in [1.29, 1.82) is 0 Å². The molecule has 7 nitrogen and oxygen atoms in total. The monoisotopic (exact) mass is 521 g/mol. The molecular formula is C20H33FIN5O2. The van der Waals surface area contributed by atoms with Gasteiger partial charge in [0.05, 0.1) is 6.54 Å². The van der Waals surface area contributed by atoms with Gasteiger partial charge in [-0.3, -0.25) is 14.7 Å². The van der Waals surface area contributed by atoms with Crippen molar-refractivity contribution in [3.63, 3.8) is 0 Å². The van der Waals surface area contributed by atoms with Gasteiger partial charge in [-0.15, -0.1) is 24.0 Å². The molecule has 164 valence electrons. The molecule has 1 fully saturated rings. The van der Waals surface area contributed by atoms with Crippen LogP contribution < -0.4 is 15.4 Å². The summed E-state index contributed by atoms with van der Waals surface area (Å²) in [4.78, 5) is 19.8. The standard InChI is InChI=1S/C20H32FN5O2.HI/c1-4-18(28-19-7-5-6-17(21)14-19)15-24-20(22-3)23-8-9-25-10-12-26(13-11-25)16(2)27;/h5-7,14,18H,4,8-13,15H2,1-3H3,(H2,22,23,24);1H. The fourth-order valence-electron chi connectivity index (χ4n) is 3.05. The first-order valence-electron chi connectivity index (χ1n) is 9.86. The normalized spacial score (nSPS) is 16.0. The van der Waals surface area contributed by atoms with Gasteiger partial charge in [-0.05, 0) is 18.6 Å². The predicted octanol–water partition coefficient (Wildman–Crippen LogP) is 1.93. The molecule has 2 N–H and O–H groups in total. The van der Waals surface area contributed by atoms with Crippen LogP contribution in [-0.2, 0) is 4.79 Å². The van der Waals surface area contributed by atoms with E-state index in [2.05, 4.69) is 20.5 Å². The first-order chi connectivity index (χ1) is 13.5. The summed E-state index contributed by atoms with van der Waals surface area (Å²) in [5.41, 5.74) is 0. The fraction of sp³-hybridized carbons (Fsp3) is 0.600. The first kappa shape index (κ1) is 25.4. The van der Waals surface area contributed by atoms with Gasteiger partial charge in [0.2, 0.25) is 5.91 Å². The van der Waals surface area contributed by atoms with E-state index in [4.69, 9.17) is 4.74 Å². The SMILES string of the molecule is CCC(CNC(=NC)NCCN1CCN(C(C)=O)CC1)Oc1cccc(F)c1.I. The number of hydrogen-bond donors (Lipinski definition) is 2. The molecule has 0 bridgehead atoms. The van der Waals surface area contributed by atoms with E-state index in [1.165, 1.54) is 12.1 Å². The Hall–Kier alpha value is -1.62. The topological polar surface area (TPSA) is 69.2 Å². The predicted molar refractivity (Wildman–Crippen MR) is 125 cm³/mol. The number of hydrogen-bond acceptors (Lipinski definition) is 4. The lowest BCUT2D eigenvalue weighted by molar-refractivity contribution is -0.130. The molecule has 1 aliphatic heterocycles. The van der Waals surface area contributed by atoms with E-state index in [-0.39, 0.29) is 41.8 Å². The number of ether oxygens (including phenoxy) is 1. The van der Waals surface area contributed by atoms with E-state index in [1.54, 1.807) is 26.1 Å². The number of halogens is 2. The van der Waals surface area contributed by atoms with Crippen molar-refractivity contribution >= 4 is 35.8 Å². The Bertz CT molecular complexity index is 654. The molecule has 9 heteroatoms. The van der Waals surface area contributed by atoms with Crippen LogP contribution in [0, 0.1) is 5.82 Å². The second-order valence-corrected chi connectivity index (χ2v) is 6.83. The number of carbonyl (C=O) groups is 1. The van der Waals surface area contributed by atoms with Crippen molar-refractivity contribution < 1.29 is 13.9 Å². The van der Waals surface area contributed by atoms with Crippen LogP contribution in [0.15, 0.2) is 29.3 Å². The molecule has 1 aromatic rings. The van der Waals surface area contributed by atoms with Crippen LogP contribution in [0.25, 0.3) is 0 Å². The van der Waals surface area contributed by atoms with Crippen LogP contribution in [0.3, 0.4) is 0 Å². The minimum absolute atomic E-state index is 0. The van der Waals surface area contributed by atoms with Crippen LogP contribution in [0.5, 0.6) is 5.75 Å². The van der Waals surface area contributed by atoms with Crippen LogP contribution in [0.1, 0.15) is 20.3 Å². The lowest BCUT2D eigenvalue weighted by Crippen LogP contribution is -2.50. The van der Waals surface area contributed by atoms with Gasteiger partial charge in [0.25, 0.3) is 0 Å². The highest BCUT2D eigenvalue weighted by molar-refractivity contribution is 14.0. The van der Waals surface area contributed by atoms with E-state index >= 15 is 0 Å². The maximum Gasteiger partial charge on any atom is 0.219 e. The molecule has 1 aliphatic rings. The van der Waals surface area contributed by atoms with Gasteiger partial charge >= 0.3 is 0 Å². The van der Waals surface area contributed by atoms with Crippen molar-refractivity contribution in [2.45, 2.75) is 26.4 Å². The number of guanidine groups is 1. The Morgan fingerprint density at radius 2 is 2.00 bits per heavy atom. The first-order valence-corrected chi connectivity index (χ1v) is 9.86. The maximum absolute atomic E-state index is 13.3. The van der Waals surface area contributed by atoms with Crippen molar-refractivity contribution in [3.05, 3.63) is 30.1 Å². The lowest BCUT2D eigenvalue weighted by Gasteiger charge is -2.34. The smallest absolute Gasteiger partial charge is 0.219 e. The zero-order valence-corrected chi connectivity index (χ0v) is 19.8. The third kappa shape index (κ3) is 9.16. The molecule has 0 radical (unpaired) electrons. The number of nitrogens with zero attached hydrogens (tertiary/aromatic N) is 3. The molecule has 1 unspecified atom stereocenters. The number of aliphatic imine (C=N–C) groups is 1. The molecule has 1 heterocycles. The lowest BCUT2D eigenvalue weighted by atomic mass is 10.2. The summed E-state index contributed by atoms with van der Waals surface area (Å²) >= 11 is 0. The van der Waals surface area contributed by atoms with Gasteiger partial charge < -0.3 is 20.3 Å². The molecule has 2 rings (SSSR count). The van der Waals surface area contributed by atoms with Crippen LogP contribution in [0.2, 0.25) is 0 Å². The molecule has 29 heavy (non-hydrogen) atoms. The van der Waals surface area contributed by atoms with Gasteiger partial charge in [-0.1, -0.05) is 13.0 Å². The summed E-state index contributed by atoms with van der Waals surface area (Å²) in [6.45, 7) is 9.25. The number of amides is 1. The van der Waals surface area contributed by atoms with Crippen molar-refractivity contribution in [1.82, 2.24) is 20.4 Å². The molecule has 0 aliphatic carbocycles. The summed E-state index contributed by atoms with van der Waals surface area (Å²) in [5.74, 6) is 1.08. The van der Waals surface area contributed by atoms with Crippen molar-refractivity contribution in [2.24, 2.45) is 4.99 Å². The summed E-state index contributed by atoms with van der Waals surface area (Å²) in [6, 6.07) is 6.19. The molecule has 0 saturated carbocycles. The summed E-state index contributed by atoms with van der Waals surface area (Å²) in [7, 11) is 1.73. The highest BCUT2D eigenvalue weighted by atomic mass is 127. The number of benzene rings is 1. The zero-order valence-electron chi connectivity index (χ0n) is 17.5. The van der Waals surface area contributed by atoms with Gasteiger partial charge in [-0.2, -0.15) is 0 Å². The molecule has 0 spiro atoms. The third-order valence-electron chi connectivity index (χ3n) is 4.81. The van der Waals surface area contributed by atoms with Crippen molar-refractivity contribution in [2.75, 3.05) is 52.9 Å².